The van der Waals surface area contributed by atoms with E-state index in [1.54, 1.807) is 11.3 Å². The van der Waals surface area contributed by atoms with Gasteiger partial charge in [0.25, 0.3) is 0 Å². The molecule has 1 aliphatic carbocycles. The minimum absolute atomic E-state index is 0.110. The first-order valence-corrected chi connectivity index (χ1v) is 13.3. The SMILES string of the molecule is CC1(C)CC(=O)C2=C(C1)Nc1ccccc1N(CC(=O)NCc1ccc3c(c1)OCO3)C2c1cccs1. The number of amides is 1. The van der Waals surface area contributed by atoms with Gasteiger partial charge < -0.3 is 25.0 Å². The number of hydrogen-bond donors (Lipinski definition) is 2. The molecule has 6 rings (SSSR count). The van der Waals surface area contributed by atoms with Crippen molar-refractivity contribution in [1.29, 1.82) is 0 Å². The molecule has 1 atom stereocenters. The second-order valence-corrected chi connectivity index (χ2v) is 11.5. The number of nitrogens with zero attached hydrogens (tertiary/aromatic N) is 1. The summed E-state index contributed by atoms with van der Waals surface area (Å²) in [5.74, 6) is 1.42. The number of carbonyl (C=O) groups is 2. The van der Waals surface area contributed by atoms with Crippen LogP contribution in [-0.2, 0) is 16.1 Å². The third-order valence-electron chi connectivity index (χ3n) is 7.06. The first-order valence-electron chi connectivity index (χ1n) is 12.5. The molecule has 190 valence electrons. The molecule has 0 radical (unpaired) electrons. The standard InChI is InChI=1S/C29H29N3O4S/c1-29(2)13-20-27(22(33)14-29)28(25-8-5-11-37-25)32(21-7-4-3-6-19(21)31-20)16-26(34)30-15-18-9-10-23-24(12-18)36-17-35-23/h3-12,28,31H,13-17H2,1-2H3,(H,30,34). The van der Waals surface area contributed by atoms with Gasteiger partial charge in [0.15, 0.2) is 17.3 Å². The summed E-state index contributed by atoms with van der Waals surface area (Å²) in [5, 5.41) is 8.67. The van der Waals surface area contributed by atoms with E-state index in [4.69, 9.17) is 9.47 Å². The third kappa shape index (κ3) is 4.57. The van der Waals surface area contributed by atoms with Crippen molar-refractivity contribution in [3.63, 3.8) is 0 Å². The highest BCUT2D eigenvalue weighted by Crippen LogP contribution is 2.48. The van der Waals surface area contributed by atoms with Crippen molar-refractivity contribution in [3.05, 3.63) is 81.7 Å². The molecule has 2 aliphatic heterocycles. The predicted octanol–water partition coefficient (Wildman–Crippen LogP) is 5.41. The number of hydrogen-bond acceptors (Lipinski definition) is 7. The number of thiophene rings is 1. The lowest BCUT2D eigenvalue weighted by atomic mass is 9.74. The number of allylic oxidation sites excluding steroid dienone is 1. The molecule has 7 nitrogen and oxygen atoms in total. The van der Waals surface area contributed by atoms with E-state index in [1.165, 1.54) is 0 Å². The van der Waals surface area contributed by atoms with E-state index in [1.807, 2.05) is 53.9 Å². The molecule has 3 aromatic rings. The number of fused-ring (bicyclic) bond motifs is 2. The van der Waals surface area contributed by atoms with Crippen molar-refractivity contribution in [3.8, 4) is 11.5 Å². The average molecular weight is 516 g/mol. The van der Waals surface area contributed by atoms with Gasteiger partial charge in [0.2, 0.25) is 12.7 Å². The van der Waals surface area contributed by atoms with E-state index in [9.17, 15) is 9.59 Å². The van der Waals surface area contributed by atoms with Crippen LogP contribution in [0.3, 0.4) is 0 Å². The lowest BCUT2D eigenvalue weighted by Crippen LogP contribution is -2.41. The van der Waals surface area contributed by atoms with Crippen LogP contribution in [0.4, 0.5) is 11.4 Å². The van der Waals surface area contributed by atoms with E-state index in [0.717, 1.165) is 39.5 Å². The minimum Gasteiger partial charge on any atom is -0.454 e. The van der Waals surface area contributed by atoms with Gasteiger partial charge in [-0.2, -0.15) is 0 Å². The number of rotatable bonds is 5. The van der Waals surface area contributed by atoms with Crippen LogP contribution >= 0.6 is 11.3 Å². The summed E-state index contributed by atoms with van der Waals surface area (Å²) in [4.78, 5) is 30.1. The highest BCUT2D eigenvalue weighted by molar-refractivity contribution is 7.10. The predicted molar refractivity (Wildman–Crippen MR) is 144 cm³/mol. The fourth-order valence-corrected chi connectivity index (χ4v) is 6.28. The van der Waals surface area contributed by atoms with Crippen molar-refractivity contribution in [1.82, 2.24) is 5.32 Å². The number of Topliss-reactive ketones (excluding diaryl/α,β-unsaturated/α-hetero) is 1. The zero-order valence-electron chi connectivity index (χ0n) is 20.9. The van der Waals surface area contributed by atoms with Gasteiger partial charge in [0.05, 0.1) is 24.0 Å². The van der Waals surface area contributed by atoms with Crippen LogP contribution in [0.15, 0.2) is 71.2 Å². The summed E-state index contributed by atoms with van der Waals surface area (Å²) in [6.45, 7) is 4.96. The van der Waals surface area contributed by atoms with Crippen molar-refractivity contribution in [2.45, 2.75) is 39.3 Å². The maximum absolute atomic E-state index is 13.6. The van der Waals surface area contributed by atoms with Gasteiger partial charge in [-0.3, -0.25) is 9.59 Å². The topological polar surface area (TPSA) is 79.9 Å². The monoisotopic (exact) mass is 515 g/mol. The van der Waals surface area contributed by atoms with Crippen LogP contribution in [0.5, 0.6) is 11.5 Å². The molecule has 2 N–H and O–H groups in total. The fourth-order valence-electron chi connectivity index (χ4n) is 5.43. The Morgan fingerprint density at radius 3 is 2.78 bits per heavy atom. The molecule has 1 unspecified atom stereocenters. The van der Waals surface area contributed by atoms with Crippen LogP contribution in [0, 0.1) is 5.41 Å². The fraction of sp³-hybridized carbons (Fsp3) is 0.310. The molecule has 37 heavy (non-hydrogen) atoms. The van der Waals surface area contributed by atoms with Gasteiger partial charge in [-0.25, -0.2) is 0 Å². The number of ketones is 1. The van der Waals surface area contributed by atoms with Crippen LogP contribution in [0.1, 0.15) is 43.2 Å². The van der Waals surface area contributed by atoms with Crippen LogP contribution < -0.4 is 25.0 Å². The number of para-hydroxylation sites is 2. The van der Waals surface area contributed by atoms with Gasteiger partial charge in [0, 0.05) is 29.1 Å². The summed E-state index contributed by atoms with van der Waals surface area (Å²) in [6.07, 6.45) is 1.25. The summed E-state index contributed by atoms with van der Waals surface area (Å²) >= 11 is 1.61. The molecule has 0 fully saturated rings. The van der Waals surface area contributed by atoms with E-state index in [0.29, 0.717) is 24.5 Å². The quantitative estimate of drug-likeness (QED) is 0.473. The maximum atomic E-state index is 13.6. The zero-order valence-corrected chi connectivity index (χ0v) is 21.7. The summed E-state index contributed by atoms with van der Waals surface area (Å²) in [5.41, 5.74) is 4.33. The lowest BCUT2D eigenvalue weighted by molar-refractivity contribution is -0.120. The Hall–Kier alpha value is -3.78. The first kappa shape index (κ1) is 23.6. The molecule has 1 aromatic heterocycles. The molecule has 2 aromatic carbocycles. The van der Waals surface area contributed by atoms with Gasteiger partial charge >= 0.3 is 0 Å². The number of anilines is 2. The average Bonchev–Trinajstić information content (AvgIpc) is 3.53. The van der Waals surface area contributed by atoms with Gasteiger partial charge in [-0.05, 0) is 53.1 Å². The molecule has 0 saturated heterocycles. The van der Waals surface area contributed by atoms with Crippen molar-refractivity contribution < 1.29 is 19.1 Å². The molecule has 0 bridgehead atoms. The van der Waals surface area contributed by atoms with Crippen molar-refractivity contribution in [2.24, 2.45) is 5.41 Å². The summed E-state index contributed by atoms with van der Waals surface area (Å²) < 4.78 is 10.8. The Labute approximate surface area is 220 Å². The van der Waals surface area contributed by atoms with Gasteiger partial charge in [-0.1, -0.05) is 38.1 Å². The first-order chi connectivity index (χ1) is 17.9. The molecular formula is C29H29N3O4S. The Balaban J connectivity index is 1.33. The van der Waals surface area contributed by atoms with E-state index in [-0.39, 0.29) is 36.5 Å². The van der Waals surface area contributed by atoms with Crippen LogP contribution in [0.25, 0.3) is 0 Å². The second kappa shape index (κ2) is 9.27. The summed E-state index contributed by atoms with van der Waals surface area (Å²) in [6, 6.07) is 17.4. The van der Waals surface area contributed by atoms with E-state index in [2.05, 4.69) is 35.4 Å². The van der Waals surface area contributed by atoms with Crippen LogP contribution in [0.2, 0.25) is 0 Å². The second-order valence-electron chi connectivity index (χ2n) is 10.5. The van der Waals surface area contributed by atoms with Crippen LogP contribution in [-0.4, -0.2) is 25.0 Å². The Morgan fingerprint density at radius 2 is 1.95 bits per heavy atom. The van der Waals surface area contributed by atoms with E-state index < -0.39 is 0 Å². The molecule has 3 heterocycles. The normalized spacial score (nSPS) is 19.6. The summed E-state index contributed by atoms with van der Waals surface area (Å²) in [7, 11) is 0. The maximum Gasteiger partial charge on any atom is 0.239 e. The number of ether oxygens (including phenoxy) is 2. The van der Waals surface area contributed by atoms with Gasteiger partial charge in [-0.15, -0.1) is 11.3 Å². The largest absolute Gasteiger partial charge is 0.454 e. The van der Waals surface area contributed by atoms with Crippen molar-refractivity contribution >= 4 is 34.4 Å². The molecular weight excluding hydrogens is 486 g/mol. The zero-order chi connectivity index (χ0) is 25.6. The Kier molecular flexibility index (Phi) is 5.91. The molecule has 0 saturated carbocycles. The van der Waals surface area contributed by atoms with E-state index >= 15 is 0 Å². The van der Waals surface area contributed by atoms with Crippen molar-refractivity contribution in [2.75, 3.05) is 23.6 Å². The highest BCUT2D eigenvalue weighted by atomic mass is 32.1. The molecule has 3 aliphatic rings. The minimum atomic E-state index is -0.342. The molecule has 1 amide bonds. The number of carbonyl (C=O) groups excluding carboxylic acids is 2. The lowest BCUT2D eigenvalue weighted by Gasteiger charge is -2.37. The number of nitrogens with one attached hydrogen (secondary N) is 2. The molecule has 8 heteroatoms. The Morgan fingerprint density at radius 1 is 1.11 bits per heavy atom. The number of benzene rings is 2. The Bertz CT molecular complexity index is 1400. The van der Waals surface area contributed by atoms with Gasteiger partial charge in [0.1, 0.15) is 0 Å². The highest BCUT2D eigenvalue weighted by Gasteiger charge is 2.42. The smallest absolute Gasteiger partial charge is 0.239 e. The molecule has 0 spiro atoms. The third-order valence-corrected chi connectivity index (χ3v) is 7.98.